The molecule has 0 bridgehead atoms. The minimum absolute atomic E-state index is 0.0226. The van der Waals surface area contributed by atoms with Crippen LogP contribution in [0.1, 0.15) is 77.3 Å². The van der Waals surface area contributed by atoms with Gasteiger partial charge >= 0.3 is 12.4 Å². The molecule has 3 aromatic rings. The summed E-state index contributed by atoms with van der Waals surface area (Å²) in [5.74, 6) is -1.96. The topological polar surface area (TPSA) is 79.8 Å². The second kappa shape index (κ2) is 14.0. The molecule has 0 saturated carbocycles. The van der Waals surface area contributed by atoms with Crippen molar-refractivity contribution in [1.29, 1.82) is 0 Å². The van der Waals surface area contributed by atoms with E-state index in [1.165, 1.54) is 9.80 Å². The zero-order valence-electron chi connectivity index (χ0n) is 26.2. The maximum absolute atomic E-state index is 14.7. The number of nitrogens with zero attached hydrogens (tertiary/aromatic N) is 3. The summed E-state index contributed by atoms with van der Waals surface area (Å²) >= 11 is 0. The highest BCUT2D eigenvalue weighted by Crippen LogP contribution is 2.41. The number of benzene rings is 2. The molecule has 0 N–H and O–H groups in total. The zero-order valence-corrected chi connectivity index (χ0v) is 26.2. The number of piperidine rings is 2. The van der Waals surface area contributed by atoms with Crippen LogP contribution >= 0.6 is 0 Å². The van der Waals surface area contributed by atoms with E-state index in [4.69, 9.17) is 4.74 Å². The number of carbonyl (C=O) groups excluding carboxylic acids is 3. The molecular formula is C35H35F6N3O4. The molecule has 2 atom stereocenters. The molecule has 2 aliphatic heterocycles. The number of rotatable bonds is 8. The van der Waals surface area contributed by atoms with E-state index in [-0.39, 0.29) is 56.3 Å². The van der Waals surface area contributed by atoms with E-state index in [1.807, 2.05) is 0 Å². The fraction of sp³-hybridized carbons (Fsp3) is 0.429. The van der Waals surface area contributed by atoms with Crippen molar-refractivity contribution in [3.63, 3.8) is 0 Å². The number of amides is 2. The van der Waals surface area contributed by atoms with Crippen molar-refractivity contribution in [1.82, 2.24) is 14.8 Å². The van der Waals surface area contributed by atoms with E-state index in [1.54, 1.807) is 37.3 Å². The van der Waals surface area contributed by atoms with Gasteiger partial charge in [-0.15, -0.1) is 0 Å². The average molecular weight is 676 g/mol. The number of halogens is 6. The second-order valence-electron chi connectivity index (χ2n) is 12.1. The number of hydrogen-bond donors (Lipinski definition) is 0. The third kappa shape index (κ3) is 7.19. The van der Waals surface area contributed by atoms with Crippen molar-refractivity contribution >= 4 is 17.6 Å². The summed E-state index contributed by atoms with van der Waals surface area (Å²) in [5.41, 5.74) is -4.05. The van der Waals surface area contributed by atoms with Crippen LogP contribution in [-0.2, 0) is 17.1 Å². The Labute approximate surface area is 273 Å². The van der Waals surface area contributed by atoms with Crippen molar-refractivity contribution in [2.45, 2.75) is 69.4 Å². The molecule has 0 spiro atoms. The van der Waals surface area contributed by atoms with Crippen LogP contribution in [0.4, 0.5) is 26.3 Å². The van der Waals surface area contributed by atoms with Crippen molar-refractivity contribution < 1.29 is 45.5 Å². The Balaban J connectivity index is 1.50. The molecule has 7 nitrogen and oxygen atoms in total. The molecule has 1 aromatic heterocycles. The van der Waals surface area contributed by atoms with Gasteiger partial charge in [-0.3, -0.25) is 19.4 Å². The molecule has 0 radical (unpaired) electrons. The lowest BCUT2D eigenvalue weighted by Gasteiger charge is -2.50. The number of aromatic nitrogens is 1. The van der Waals surface area contributed by atoms with Crippen molar-refractivity contribution in [3.05, 3.63) is 95.3 Å². The summed E-state index contributed by atoms with van der Waals surface area (Å²) in [6, 6.07) is 12.3. The Bertz CT molecular complexity index is 1600. The SMILES string of the molecule is CCC[C@H]1N(C(=O)c2cnccc2C(F)(F)F)CCC[C@@]1(Oc1ccc(C(F)(F)F)cc1)C(=O)N1CCC(C(=O)c2ccccc2)CC1. The fourth-order valence-corrected chi connectivity index (χ4v) is 6.74. The largest absolute Gasteiger partial charge is 0.475 e. The fourth-order valence-electron chi connectivity index (χ4n) is 6.74. The van der Waals surface area contributed by atoms with E-state index in [0.29, 0.717) is 30.9 Å². The molecule has 3 heterocycles. The predicted octanol–water partition coefficient (Wildman–Crippen LogP) is 7.46. The van der Waals surface area contributed by atoms with Crippen LogP contribution in [0.25, 0.3) is 0 Å². The molecule has 2 aliphatic rings. The number of carbonyl (C=O) groups is 3. The lowest BCUT2D eigenvalue weighted by atomic mass is 9.79. The van der Waals surface area contributed by atoms with Crippen LogP contribution in [0, 0.1) is 5.92 Å². The molecule has 2 saturated heterocycles. The number of pyridine rings is 1. The molecule has 2 amide bonds. The number of hydrogen-bond acceptors (Lipinski definition) is 5. The standard InChI is InChI=1S/C35H35F6N3O4/c1-2-7-29-33(48-26-12-10-25(11-13-26)34(36,37)38,17-6-19-44(29)31(46)27-22-42-18-14-28(27)35(39,40)41)32(47)43-20-15-24(16-21-43)30(45)23-8-4-3-5-9-23/h3-5,8-14,18,22,24,29H,2,6-7,15-17,19-21H2,1H3/t29-,33+/m1/s1. The Hall–Kier alpha value is -4.42. The van der Waals surface area contributed by atoms with Gasteiger partial charge in [-0.25, -0.2) is 0 Å². The first-order valence-corrected chi connectivity index (χ1v) is 15.8. The van der Waals surface area contributed by atoms with Gasteiger partial charge in [0, 0.05) is 49.9 Å². The molecule has 256 valence electrons. The van der Waals surface area contributed by atoms with Gasteiger partial charge in [0.15, 0.2) is 5.78 Å². The molecular weight excluding hydrogens is 640 g/mol. The maximum atomic E-state index is 14.7. The minimum atomic E-state index is -4.85. The van der Waals surface area contributed by atoms with Crippen molar-refractivity contribution in [2.24, 2.45) is 5.92 Å². The Morgan fingerprint density at radius 1 is 0.896 bits per heavy atom. The average Bonchev–Trinajstić information content (AvgIpc) is 3.08. The van der Waals surface area contributed by atoms with E-state index in [2.05, 4.69) is 4.98 Å². The molecule has 48 heavy (non-hydrogen) atoms. The van der Waals surface area contributed by atoms with Crippen LogP contribution in [0.5, 0.6) is 5.75 Å². The molecule has 0 aliphatic carbocycles. The summed E-state index contributed by atoms with van der Waals surface area (Å²) in [7, 11) is 0. The normalized spacial score (nSPS) is 20.8. The summed E-state index contributed by atoms with van der Waals surface area (Å²) < 4.78 is 88.3. The first-order chi connectivity index (χ1) is 22.8. The summed E-state index contributed by atoms with van der Waals surface area (Å²) in [4.78, 5) is 48.2. The lowest BCUT2D eigenvalue weighted by molar-refractivity contribution is -0.160. The highest BCUT2D eigenvalue weighted by Gasteiger charge is 2.56. The smallest absolute Gasteiger partial charge is 0.417 e. The molecule has 2 aromatic carbocycles. The van der Waals surface area contributed by atoms with Gasteiger partial charge in [-0.1, -0.05) is 43.7 Å². The van der Waals surface area contributed by atoms with Gasteiger partial charge in [-0.05, 0) is 56.0 Å². The van der Waals surface area contributed by atoms with Gasteiger partial charge in [0.05, 0.1) is 22.7 Å². The molecule has 13 heteroatoms. The van der Waals surface area contributed by atoms with Gasteiger partial charge in [0.2, 0.25) is 5.60 Å². The van der Waals surface area contributed by atoms with Crippen LogP contribution in [-0.4, -0.2) is 63.7 Å². The number of Topliss-reactive ketones (excluding diaryl/α,β-unsaturated/α-hetero) is 1. The summed E-state index contributed by atoms with van der Waals surface area (Å²) in [6.07, 6.45) is -6.20. The maximum Gasteiger partial charge on any atom is 0.417 e. The number of ketones is 1. The van der Waals surface area contributed by atoms with Gasteiger partial charge in [-0.2, -0.15) is 26.3 Å². The number of likely N-dealkylation sites (tertiary alicyclic amines) is 2. The van der Waals surface area contributed by atoms with Gasteiger partial charge < -0.3 is 14.5 Å². The lowest BCUT2D eigenvalue weighted by Crippen LogP contribution is -2.68. The number of alkyl halides is 6. The highest BCUT2D eigenvalue weighted by atomic mass is 19.4. The second-order valence-corrected chi connectivity index (χ2v) is 12.1. The van der Waals surface area contributed by atoms with Crippen molar-refractivity contribution in [2.75, 3.05) is 19.6 Å². The third-order valence-corrected chi connectivity index (χ3v) is 9.10. The van der Waals surface area contributed by atoms with Crippen LogP contribution < -0.4 is 4.74 Å². The Kier molecular flexibility index (Phi) is 10.2. The quantitative estimate of drug-likeness (QED) is 0.183. The van der Waals surface area contributed by atoms with E-state index in [9.17, 15) is 40.7 Å². The zero-order chi connectivity index (χ0) is 34.7. The molecule has 2 fully saturated rings. The molecule has 0 unspecified atom stereocenters. The first kappa shape index (κ1) is 34.9. The Morgan fingerprint density at radius 2 is 1.56 bits per heavy atom. The summed E-state index contributed by atoms with van der Waals surface area (Å²) in [5, 5.41) is 0. The van der Waals surface area contributed by atoms with E-state index in [0.717, 1.165) is 36.7 Å². The predicted molar refractivity (Wildman–Crippen MR) is 163 cm³/mol. The Morgan fingerprint density at radius 3 is 2.17 bits per heavy atom. The minimum Gasteiger partial charge on any atom is -0.475 e. The van der Waals surface area contributed by atoms with Crippen LogP contribution in [0.2, 0.25) is 0 Å². The molecule has 5 rings (SSSR count). The van der Waals surface area contributed by atoms with Gasteiger partial charge in [0.1, 0.15) is 5.75 Å². The highest BCUT2D eigenvalue weighted by molar-refractivity contribution is 5.98. The van der Waals surface area contributed by atoms with E-state index < -0.39 is 52.5 Å². The van der Waals surface area contributed by atoms with Crippen molar-refractivity contribution in [3.8, 4) is 5.75 Å². The summed E-state index contributed by atoms with van der Waals surface area (Å²) in [6.45, 7) is 2.16. The van der Waals surface area contributed by atoms with Crippen LogP contribution in [0.3, 0.4) is 0 Å². The third-order valence-electron chi connectivity index (χ3n) is 9.10. The first-order valence-electron chi connectivity index (χ1n) is 15.8. The van der Waals surface area contributed by atoms with Crippen LogP contribution in [0.15, 0.2) is 73.1 Å². The van der Waals surface area contributed by atoms with Gasteiger partial charge in [0.25, 0.3) is 11.8 Å². The number of ether oxygens (including phenoxy) is 1. The van der Waals surface area contributed by atoms with E-state index >= 15 is 0 Å². The monoisotopic (exact) mass is 675 g/mol.